The van der Waals surface area contributed by atoms with Crippen molar-refractivity contribution in [3.63, 3.8) is 0 Å². The van der Waals surface area contributed by atoms with Gasteiger partial charge in [0.05, 0.1) is 23.0 Å². The summed E-state index contributed by atoms with van der Waals surface area (Å²) in [5.41, 5.74) is 7.86. The molecule has 0 saturated carbocycles. The Kier molecular flexibility index (Phi) is 5.26. The number of hydrogen-bond acceptors (Lipinski definition) is 6. The summed E-state index contributed by atoms with van der Waals surface area (Å²) >= 11 is 0. The number of piperazine rings is 1. The molecular formula is C22H19FN6O. The lowest BCUT2D eigenvalue weighted by Crippen LogP contribution is -2.47. The summed E-state index contributed by atoms with van der Waals surface area (Å²) in [4.78, 5) is 24.7. The first-order valence-electron chi connectivity index (χ1n) is 9.49. The number of carbonyl (C=O) groups excluding carboxylic acids is 1. The highest BCUT2D eigenvalue weighted by atomic mass is 19.1. The molecule has 7 nitrogen and oxygen atoms in total. The number of amides is 1. The van der Waals surface area contributed by atoms with Gasteiger partial charge in [-0.2, -0.15) is 5.26 Å². The van der Waals surface area contributed by atoms with Gasteiger partial charge in [0.2, 0.25) is 5.95 Å². The van der Waals surface area contributed by atoms with E-state index in [9.17, 15) is 9.18 Å². The maximum Gasteiger partial charge on any atom is 0.267 e. The lowest BCUT2D eigenvalue weighted by Gasteiger charge is -2.36. The van der Waals surface area contributed by atoms with Crippen LogP contribution in [-0.4, -0.2) is 42.1 Å². The molecule has 4 rings (SSSR count). The van der Waals surface area contributed by atoms with Crippen molar-refractivity contribution in [3.8, 4) is 17.3 Å². The van der Waals surface area contributed by atoms with Crippen molar-refractivity contribution >= 4 is 17.5 Å². The first kappa shape index (κ1) is 19.3. The van der Waals surface area contributed by atoms with Gasteiger partial charge < -0.3 is 15.5 Å². The Morgan fingerprint density at radius 3 is 2.43 bits per heavy atom. The number of aromatic nitrogens is 2. The van der Waals surface area contributed by atoms with Gasteiger partial charge in [0, 0.05) is 31.7 Å². The van der Waals surface area contributed by atoms with E-state index in [0.29, 0.717) is 54.6 Å². The van der Waals surface area contributed by atoms with E-state index >= 15 is 0 Å². The highest BCUT2D eigenvalue weighted by molar-refractivity contribution is 5.92. The molecule has 2 aromatic carbocycles. The van der Waals surface area contributed by atoms with E-state index < -0.39 is 5.91 Å². The number of para-hydroxylation sites is 1. The molecule has 1 aromatic heterocycles. The number of benzene rings is 2. The van der Waals surface area contributed by atoms with Crippen LogP contribution in [0.3, 0.4) is 0 Å². The van der Waals surface area contributed by atoms with Gasteiger partial charge in [0.15, 0.2) is 0 Å². The topological polar surface area (TPSA) is 99.1 Å². The molecule has 1 saturated heterocycles. The van der Waals surface area contributed by atoms with Gasteiger partial charge >= 0.3 is 0 Å². The highest BCUT2D eigenvalue weighted by Crippen LogP contribution is 2.24. The number of halogens is 1. The number of carbonyl (C=O) groups is 1. The number of anilines is 2. The maximum absolute atomic E-state index is 14.1. The van der Waals surface area contributed by atoms with Crippen LogP contribution in [0.5, 0.6) is 0 Å². The molecule has 2 heterocycles. The number of rotatable bonds is 4. The van der Waals surface area contributed by atoms with Crippen molar-refractivity contribution in [2.24, 2.45) is 5.73 Å². The van der Waals surface area contributed by atoms with Crippen molar-refractivity contribution in [2.75, 3.05) is 36.0 Å². The molecule has 1 aliphatic heterocycles. The molecule has 30 heavy (non-hydrogen) atoms. The van der Waals surface area contributed by atoms with Gasteiger partial charge in [-0.15, -0.1) is 0 Å². The number of primary amides is 1. The minimum absolute atomic E-state index is 0.105. The third kappa shape index (κ3) is 3.91. The maximum atomic E-state index is 14.1. The van der Waals surface area contributed by atoms with Gasteiger partial charge in [0.1, 0.15) is 11.5 Å². The summed E-state index contributed by atoms with van der Waals surface area (Å²) in [6.07, 6.45) is 0. The molecule has 1 fully saturated rings. The van der Waals surface area contributed by atoms with Gasteiger partial charge in [0.25, 0.3) is 5.91 Å². The fourth-order valence-electron chi connectivity index (χ4n) is 3.45. The summed E-state index contributed by atoms with van der Waals surface area (Å²) in [6, 6.07) is 17.3. The van der Waals surface area contributed by atoms with E-state index in [1.165, 1.54) is 12.1 Å². The fraction of sp³-hybridized carbons (Fsp3) is 0.182. The van der Waals surface area contributed by atoms with Crippen LogP contribution in [0.4, 0.5) is 16.0 Å². The van der Waals surface area contributed by atoms with E-state index in [0.717, 1.165) is 0 Å². The lowest BCUT2D eigenvalue weighted by atomic mass is 10.1. The van der Waals surface area contributed by atoms with Crippen molar-refractivity contribution in [3.05, 3.63) is 71.7 Å². The lowest BCUT2D eigenvalue weighted by molar-refractivity contribution is 0.0995. The van der Waals surface area contributed by atoms with Crippen LogP contribution in [-0.2, 0) is 0 Å². The Balaban J connectivity index is 1.61. The third-order valence-electron chi connectivity index (χ3n) is 5.01. The van der Waals surface area contributed by atoms with E-state index in [2.05, 4.69) is 16.0 Å². The van der Waals surface area contributed by atoms with Crippen molar-refractivity contribution < 1.29 is 9.18 Å². The Labute approximate surface area is 173 Å². The Morgan fingerprint density at radius 2 is 1.73 bits per heavy atom. The smallest absolute Gasteiger partial charge is 0.267 e. The molecule has 0 aliphatic carbocycles. The molecule has 2 N–H and O–H groups in total. The van der Waals surface area contributed by atoms with Crippen LogP contribution < -0.4 is 15.5 Å². The van der Waals surface area contributed by atoms with Crippen LogP contribution in [0, 0.1) is 17.1 Å². The standard InChI is InChI=1S/C22H19FN6O/c23-17-6-1-2-7-20(17)28-8-10-29(11-9-28)22-26-18(13-19(27-22)21(25)30)16-5-3-4-15(12-16)14-24/h1-7,12-13H,8-11H2,(H2,25,30). The van der Waals surface area contributed by atoms with Gasteiger partial charge in [-0.3, -0.25) is 4.79 Å². The predicted octanol–water partition coefficient (Wildman–Crippen LogP) is 2.58. The minimum Gasteiger partial charge on any atom is -0.366 e. The fourth-order valence-corrected chi connectivity index (χ4v) is 3.45. The number of nitrogens with zero attached hydrogens (tertiary/aromatic N) is 5. The number of nitriles is 1. The van der Waals surface area contributed by atoms with Crippen molar-refractivity contribution in [2.45, 2.75) is 0 Å². The molecular weight excluding hydrogens is 383 g/mol. The van der Waals surface area contributed by atoms with Gasteiger partial charge in [-0.25, -0.2) is 14.4 Å². The molecule has 3 aromatic rings. The largest absolute Gasteiger partial charge is 0.366 e. The van der Waals surface area contributed by atoms with E-state index in [1.54, 1.807) is 30.3 Å². The molecule has 0 radical (unpaired) electrons. The molecule has 150 valence electrons. The zero-order valence-electron chi connectivity index (χ0n) is 16.1. The molecule has 0 spiro atoms. The zero-order valence-corrected chi connectivity index (χ0v) is 16.1. The number of nitrogens with two attached hydrogens (primary N) is 1. The monoisotopic (exact) mass is 402 g/mol. The van der Waals surface area contributed by atoms with Crippen LogP contribution in [0.1, 0.15) is 16.1 Å². The molecule has 0 bridgehead atoms. The Hall–Kier alpha value is -3.99. The van der Waals surface area contributed by atoms with Crippen LogP contribution >= 0.6 is 0 Å². The molecule has 0 unspecified atom stereocenters. The molecule has 8 heteroatoms. The molecule has 1 amide bonds. The molecule has 0 atom stereocenters. The average Bonchev–Trinajstić information content (AvgIpc) is 2.79. The van der Waals surface area contributed by atoms with Crippen molar-refractivity contribution in [1.29, 1.82) is 5.26 Å². The van der Waals surface area contributed by atoms with Gasteiger partial charge in [-0.1, -0.05) is 24.3 Å². The number of hydrogen-bond donors (Lipinski definition) is 1. The second kappa shape index (κ2) is 8.17. The van der Waals surface area contributed by atoms with Crippen LogP contribution in [0.15, 0.2) is 54.6 Å². The minimum atomic E-state index is -0.652. The Bertz CT molecular complexity index is 1130. The second-order valence-corrected chi connectivity index (χ2v) is 6.92. The Morgan fingerprint density at radius 1 is 1.00 bits per heavy atom. The summed E-state index contributed by atoms with van der Waals surface area (Å²) < 4.78 is 14.1. The molecule has 1 aliphatic rings. The van der Waals surface area contributed by atoms with Crippen LogP contribution in [0.2, 0.25) is 0 Å². The highest BCUT2D eigenvalue weighted by Gasteiger charge is 2.22. The van der Waals surface area contributed by atoms with E-state index in [1.807, 2.05) is 21.9 Å². The SMILES string of the molecule is N#Cc1cccc(-c2cc(C(N)=O)nc(N3CCN(c4ccccc4F)CC3)n2)c1. The van der Waals surface area contributed by atoms with Crippen molar-refractivity contribution in [1.82, 2.24) is 9.97 Å². The first-order chi connectivity index (χ1) is 14.5. The zero-order chi connectivity index (χ0) is 21.1. The summed E-state index contributed by atoms with van der Waals surface area (Å²) in [6.45, 7) is 2.30. The van der Waals surface area contributed by atoms with Crippen LogP contribution in [0.25, 0.3) is 11.3 Å². The summed E-state index contributed by atoms with van der Waals surface area (Å²) in [7, 11) is 0. The van der Waals surface area contributed by atoms with E-state index in [-0.39, 0.29) is 11.5 Å². The first-order valence-corrected chi connectivity index (χ1v) is 9.49. The summed E-state index contributed by atoms with van der Waals surface area (Å²) in [5.74, 6) is -0.518. The van der Waals surface area contributed by atoms with E-state index in [4.69, 9.17) is 11.0 Å². The summed E-state index contributed by atoms with van der Waals surface area (Å²) in [5, 5.41) is 9.15. The average molecular weight is 402 g/mol. The van der Waals surface area contributed by atoms with Gasteiger partial charge in [-0.05, 0) is 30.3 Å². The third-order valence-corrected chi connectivity index (χ3v) is 5.01. The second-order valence-electron chi connectivity index (χ2n) is 6.92. The quantitative estimate of drug-likeness (QED) is 0.720. The predicted molar refractivity (Wildman–Crippen MR) is 112 cm³/mol. The normalized spacial score (nSPS) is 13.7.